The van der Waals surface area contributed by atoms with E-state index in [0.717, 1.165) is 23.4 Å². The number of rotatable bonds is 14. The Bertz CT molecular complexity index is 976. The van der Waals surface area contributed by atoms with Gasteiger partial charge in [-0.05, 0) is 31.5 Å². The Hall–Kier alpha value is -2.30. The van der Waals surface area contributed by atoms with Crippen molar-refractivity contribution in [3.63, 3.8) is 0 Å². The normalized spacial score (nSPS) is 10.6. The number of aromatic carboxylic acids is 1. The third-order valence-corrected chi connectivity index (χ3v) is 5.75. The number of nitrogens with zero attached hydrogens (tertiary/aromatic N) is 1. The summed E-state index contributed by atoms with van der Waals surface area (Å²) in [6.07, 6.45) is 12.0. The van der Waals surface area contributed by atoms with E-state index in [0.29, 0.717) is 4.47 Å². The fourth-order valence-corrected chi connectivity index (χ4v) is 3.64. The van der Waals surface area contributed by atoms with Gasteiger partial charge in [0.05, 0.1) is 18.5 Å². The van der Waals surface area contributed by atoms with Crippen LogP contribution in [0.5, 0.6) is 0 Å². The zero-order valence-corrected chi connectivity index (χ0v) is 22.2. The lowest BCUT2D eigenvalue weighted by Gasteiger charge is -2.13. The van der Waals surface area contributed by atoms with Crippen molar-refractivity contribution in [1.82, 2.24) is 10.0 Å². The highest BCUT2D eigenvalue weighted by molar-refractivity contribution is 9.10. The molecule has 196 valence electrons. The summed E-state index contributed by atoms with van der Waals surface area (Å²) < 4.78 is 29.4. The lowest BCUT2D eigenvalue weighted by atomic mass is 10.1. The minimum atomic E-state index is -1.43. The van der Waals surface area contributed by atoms with Crippen molar-refractivity contribution in [2.24, 2.45) is 0 Å². The van der Waals surface area contributed by atoms with Crippen molar-refractivity contribution in [2.45, 2.75) is 71.8 Å². The molecular formula is C25H36BrF2N3O4. The molecule has 7 nitrogen and oxygen atoms in total. The van der Waals surface area contributed by atoms with Crippen molar-refractivity contribution >= 4 is 33.3 Å². The van der Waals surface area contributed by atoms with Gasteiger partial charge in [0.25, 0.3) is 5.56 Å². The van der Waals surface area contributed by atoms with Gasteiger partial charge in [-0.1, -0.05) is 67.8 Å². The fraction of sp³-hybridized carbons (Fsp3) is 0.520. The Kier molecular flexibility index (Phi) is 15.1. The molecule has 0 fully saturated rings. The Morgan fingerprint density at radius 3 is 2.26 bits per heavy atom. The number of pyridine rings is 1. The van der Waals surface area contributed by atoms with Crippen LogP contribution in [0.15, 0.2) is 33.7 Å². The Balaban J connectivity index is 0.000000405. The molecular weight excluding hydrogens is 524 g/mol. The zero-order valence-electron chi connectivity index (χ0n) is 20.6. The average Bonchev–Trinajstić information content (AvgIpc) is 2.83. The monoisotopic (exact) mass is 559 g/mol. The van der Waals surface area contributed by atoms with Gasteiger partial charge in [0.1, 0.15) is 11.4 Å². The highest BCUT2D eigenvalue weighted by atomic mass is 79.9. The summed E-state index contributed by atoms with van der Waals surface area (Å²) in [5.74, 6) is -3.42. The van der Waals surface area contributed by atoms with E-state index in [9.17, 15) is 18.4 Å². The van der Waals surface area contributed by atoms with Gasteiger partial charge in [0.2, 0.25) is 5.82 Å². The third-order valence-electron chi connectivity index (χ3n) is 5.26. The summed E-state index contributed by atoms with van der Waals surface area (Å²) in [7, 11) is 1.67. The lowest BCUT2D eigenvalue weighted by Crippen LogP contribution is -2.25. The number of carboxylic acid groups (broad SMARTS) is 1. The van der Waals surface area contributed by atoms with Crippen molar-refractivity contribution in [1.29, 1.82) is 0 Å². The Morgan fingerprint density at radius 1 is 1.09 bits per heavy atom. The highest BCUT2D eigenvalue weighted by Gasteiger charge is 2.21. The summed E-state index contributed by atoms with van der Waals surface area (Å²) in [5.41, 5.74) is 0.716. The van der Waals surface area contributed by atoms with Gasteiger partial charge in [-0.3, -0.25) is 4.79 Å². The fourth-order valence-electron chi connectivity index (χ4n) is 3.31. The summed E-state index contributed by atoms with van der Waals surface area (Å²) >= 11 is 3.08. The van der Waals surface area contributed by atoms with Crippen LogP contribution in [0.1, 0.15) is 75.6 Å². The molecule has 3 N–H and O–H groups in total. The van der Waals surface area contributed by atoms with Gasteiger partial charge in [-0.2, -0.15) is 4.39 Å². The number of carboxylic acids is 1. The molecule has 0 aliphatic heterocycles. The molecule has 0 unspecified atom stereocenters. The minimum absolute atomic E-state index is 0.114. The molecule has 0 saturated heterocycles. The molecule has 1 aromatic carbocycles. The van der Waals surface area contributed by atoms with E-state index in [4.69, 9.17) is 9.94 Å². The van der Waals surface area contributed by atoms with Crippen LogP contribution in [0.4, 0.5) is 20.2 Å². The van der Waals surface area contributed by atoms with Gasteiger partial charge in [0.15, 0.2) is 0 Å². The smallest absolute Gasteiger partial charge is 0.339 e. The Labute approximate surface area is 214 Å². The number of aromatic nitrogens is 1. The molecule has 35 heavy (non-hydrogen) atoms. The van der Waals surface area contributed by atoms with E-state index >= 15 is 0 Å². The molecule has 1 aromatic heterocycles. The third kappa shape index (κ3) is 10.9. The molecule has 2 aromatic rings. The Morgan fingerprint density at radius 2 is 1.71 bits per heavy atom. The molecule has 0 atom stereocenters. The first-order valence-electron chi connectivity index (χ1n) is 11.9. The number of benzene rings is 1. The highest BCUT2D eigenvalue weighted by Crippen LogP contribution is 2.26. The topological polar surface area (TPSA) is 92.6 Å². The summed E-state index contributed by atoms with van der Waals surface area (Å²) in [4.78, 5) is 27.8. The number of nitrogens with one attached hydrogen (secondary N) is 2. The van der Waals surface area contributed by atoms with E-state index < -0.39 is 34.4 Å². The van der Waals surface area contributed by atoms with E-state index in [-0.39, 0.29) is 12.2 Å². The number of carbonyl (C=O) groups is 1. The van der Waals surface area contributed by atoms with Crippen molar-refractivity contribution in [3.05, 3.63) is 56.4 Å². The number of hydrogen-bond acceptors (Lipinski definition) is 5. The molecule has 0 spiro atoms. The summed E-state index contributed by atoms with van der Waals surface area (Å²) in [6, 6.07) is 3.93. The maximum absolute atomic E-state index is 14.2. The van der Waals surface area contributed by atoms with Crippen LogP contribution in [0, 0.1) is 11.6 Å². The first kappa shape index (κ1) is 30.7. The van der Waals surface area contributed by atoms with Crippen molar-refractivity contribution in [2.75, 3.05) is 19.0 Å². The lowest BCUT2D eigenvalue weighted by molar-refractivity contribution is 0.0696. The van der Waals surface area contributed by atoms with Crippen LogP contribution in [-0.2, 0) is 11.4 Å². The number of aryl methyl sites for hydroxylation is 1. The zero-order chi connectivity index (χ0) is 26.2. The van der Waals surface area contributed by atoms with Gasteiger partial charge in [0, 0.05) is 23.8 Å². The number of anilines is 2. The molecule has 0 amide bonds. The van der Waals surface area contributed by atoms with Crippen LogP contribution >= 0.6 is 15.9 Å². The number of hydroxylamine groups is 1. The molecule has 2 rings (SSSR count). The van der Waals surface area contributed by atoms with Crippen molar-refractivity contribution in [3.8, 4) is 0 Å². The summed E-state index contributed by atoms with van der Waals surface area (Å²) in [5, 5.41) is 11.5. The predicted molar refractivity (Wildman–Crippen MR) is 138 cm³/mol. The van der Waals surface area contributed by atoms with Gasteiger partial charge < -0.3 is 19.8 Å². The number of halogens is 3. The second-order valence-electron chi connectivity index (χ2n) is 7.95. The SMILES string of the molecule is CCCCCCCCCCNOC.CCn1cc(C(=O)O)c(Nc2ccc(Br)cc2F)c(F)c1=O. The maximum atomic E-state index is 14.2. The molecule has 1 heterocycles. The van der Waals surface area contributed by atoms with Crippen molar-refractivity contribution < 1.29 is 23.5 Å². The minimum Gasteiger partial charge on any atom is -0.478 e. The molecule has 0 bridgehead atoms. The first-order chi connectivity index (χ1) is 16.8. The van der Waals surface area contributed by atoms with E-state index in [1.807, 2.05) is 0 Å². The van der Waals surface area contributed by atoms with Gasteiger partial charge >= 0.3 is 5.97 Å². The number of hydrogen-bond donors (Lipinski definition) is 3. The van der Waals surface area contributed by atoms with Crippen LogP contribution < -0.4 is 16.4 Å². The standard InChI is InChI=1S/C14H11BrF2N2O3.C11H25NO/c1-2-19-6-8(14(21)22)12(11(17)13(19)20)18-10-4-3-7(15)5-9(10)16;1-3-4-5-6-7-8-9-10-11-12-13-2/h3-6,18H,2H2,1H3,(H,21,22);12H,3-11H2,1-2H3. The van der Waals surface area contributed by atoms with Gasteiger partial charge in [-0.15, -0.1) is 0 Å². The molecule has 10 heteroatoms. The largest absolute Gasteiger partial charge is 0.478 e. The molecule has 0 saturated carbocycles. The van der Waals surface area contributed by atoms with E-state index in [1.165, 1.54) is 63.5 Å². The molecule has 0 aliphatic rings. The van der Waals surface area contributed by atoms with E-state index in [1.54, 1.807) is 14.0 Å². The van der Waals surface area contributed by atoms with Crippen LogP contribution in [-0.4, -0.2) is 29.3 Å². The predicted octanol–water partition coefficient (Wildman–Crippen LogP) is 6.63. The average molecular weight is 560 g/mol. The first-order valence-corrected chi connectivity index (χ1v) is 12.7. The quantitative estimate of drug-likeness (QED) is 0.178. The number of unbranched alkanes of at least 4 members (excludes halogenated alkanes) is 7. The maximum Gasteiger partial charge on any atom is 0.339 e. The second kappa shape index (κ2) is 17.2. The van der Waals surface area contributed by atoms with Crippen LogP contribution in [0.2, 0.25) is 0 Å². The molecule has 0 aliphatic carbocycles. The summed E-state index contributed by atoms with van der Waals surface area (Å²) in [6.45, 7) is 4.94. The molecule has 0 radical (unpaired) electrons. The van der Waals surface area contributed by atoms with E-state index in [2.05, 4.69) is 33.7 Å². The van der Waals surface area contributed by atoms with Gasteiger partial charge in [-0.25, -0.2) is 14.7 Å². The van der Waals surface area contributed by atoms with Crippen LogP contribution in [0.3, 0.4) is 0 Å². The second-order valence-corrected chi connectivity index (χ2v) is 8.87. The van der Waals surface area contributed by atoms with Crippen LogP contribution in [0.25, 0.3) is 0 Å².